The van der Waals surface area contributed by atoms with E-state index in [-0.39, 0.29) is 39.9 Å². The van der Waals surface area contributed by atoms with Gasteiger partial charge in [-0.05, 0) is 0 Å². The van der Waals surface area contributed by atoms with Crippen molar-refractivity contribution >= 4 is 39.9 Å². The lowest BCUT2D eigenvalue weighted by atomic mass is 10.8. The van der Waals surface area contributed by atoms with Gasteiger partial charge in [0.05, 0.1) is 0 Å². The van der Waals surface area contributed by atoms with E-state index < -0.39 is 0 Å². The molecular weight excluding hydrogens is 228 g/mol. The van der Waals surface area contributed by atoms with E-state index in [9.17, 15) is 4.79 Å². The van der Waals surface area contributed by atoms with Crippen LogP contribution in [0.3, 0.4) is 0 Å². The molecule has 0 aliphatic carbocycles. The van der Waals surface area contributed by atoms with Crippen molar-refractivity contribution < 1.29 is 4.79 Å². The van der Waals surface area contributed by atoms with Gasteiger partial charge in [0.15, 0.2) is 0 Å². The Hall–Kier alpha value is 0.390. The van der Waals surface area contributed by atoms with Crippen LogP contribution in [-0.4, -0.2) is 5.91 Å². The average molecular weight is 236 g/mol. The van der Waals surface area contributed by atoms with Gasteiger partial charge in [-0.15, -0.1) is 34.0 Å². The summed E-state index contributed by atoms with van der Waals surface area (Å²) in [5.41, 5.74) is 1.89. The molecule has 0 aromatic carbocycles. The molecular formula is C2H8Br2N2O. The first-order valence-electron chi connectivity index (χ1n) is 1.24. The van der Waals surface area contributed by atoms with Gasteiger partial charge in [0.25, 0.3) is 0 Å². The molecule has 0 aromatic heterocycles. The summed E-state index contributed by atoms with van der Waals surface area (Å²) in [6.45, 7) is 1.35. The maximum absolute atomic E-state index is 9.58. The highest BCUT2D eigenvalue weighted by Gasteiger charge is 1.73. The Morgan fingerprint density at radius 1 is 1.57 bits per heavy atom. The van der Waals surface area contributed by atoms with Gasteiger partial charge in [0.1, 0.15) is 0 Å². The van der Waals surface area contributed by atoms with Gasteiger partial charge in [0.2, 0.25) is 5.91 Å². The van der Waals surface area contributed by atoms with Gasteiger partial charge < -0.3 is 0 Å². The van der Waals surface area contributed by atoms with E-state index in [1.165, 1.54) is 6.92 Å². The SMILES string of the molecule is Br.Br.CC(=O)NN. The van der Waals surface area contributed by atoms with E-state index in [0.717, 1.165) is 0 Å². The van der Waals surface area contributed by atoms with Gasteiger partial charge in [-0.1, -0.05) is 0 Å². The van der Waals surface area contributed by atoms with Crippen molar-refractivity contribution in [3.05, 3.63) is 0 Å². The first-order valence-corrected chi connectivity index (χ1v) is 1.24. The molecule has 0 saturated heterocycles. The zero-order valence-corrected chi connectivity index (χ0v) is 7.23. The van der Waals surface area contributed by atoms with E-state index in [4.69, 9.17) is 0 Å². The molecule has 0 aromatic rings. The number of amides is 1. The van der Waals surface area contributed by atoms with Crippen molar-refractivity contribution in [2.45, 2.75) is 6.92 Å². The van der Waals surface area contributed by atoms with Gasteiger partial charge in [-0.25, -0.2) is 5.84 Å². The van der Waals surface area contributed by atoms with Crippen LogP contribution < -0.4 is 11.3 Å². The molecule has 0 bridgehead atoms. The summed E-state index contributed by atoms with van der Waals surface area (Å²) in [7, 11) is 0. The minimum atomic E-state index is -0.218. The summed E-state index contributed by atoms with van der Waals surface area (Å²) in [5, 5.41) is 0. The van der Waals surface area contributed by atoms with Gasteiger partial charge in [-0.3, -0.25) is 10.2 Å². The number of nitrogens with two attached hydrogens (primary N) is 1. The second-order valence-electron chi connectivity index (χ2n) is 0.701. The zero-order chi connectivity index (χ0) is 4.28. The molecule has 0 aliphatic heterocycles. The van der Waals surface area contributed by atoms with Crippen molar-refractivity contribution in [2.24, 2.45) is 5.84 Å². The standard InChI is InChI=1S/C2H6N2O.2BrH/c1-2(5)4-3;;/h3H2,1H3,(H,4,5);2*1H. The average Bonchev–Trinajstić information content (AvgIpc) is 1.38. The van der Waals surface area contributed by atoms with Crippen molar-refractivity contribution in [2.75, 3.05) is 0 Å². The molecule has 7 heavy (non-hydrogen) atoms. The van der Waals surface area contributed by atoms with E-state index in [1.54, 1.807) is 0 Å². The summed E-state index contributed by atoms with van der Waals surface area (Å²) in [6, 6.07) is 0. The third-order valence-electron chi connectivity index (χ3n) is 0.203. The summed E-state index contributed by atoms with van der Waals surface area (Å²) in [5.74, 6) is 4.35. The van der Waals surface area contributed by atoms with Crippen molar-refractivity contribution in [1.29, 1.82) is 0 Å². The molecule has 1 amide bonds. The van der Waals surface area contributed by atoms with E-state index >= 15 is 0 Å². The molecule has 0 saturated carbocycles. The molecule has 0 rings (SSSR count). The van der Waals surface area contributed by atoms with Crippen LogP contribution in [0.4, 0.5) is 0 Å². The highest BCUT2D eigenvalue weighted by molar-refractivity contribution is 8.93. The Morgan fingerprint density at radius 2 is 1.71 bits per heavy atom. The topological polar surface area (TPSA) is 55.1 Å². The van der Waals surface area contributed by atoms with Crippen LogP contribution in [0, 0.1) is 0 Å². The highest BCUT2D eigenvalue weighted by Crippen LogP contribution is 1.41. The second kappa shape index (κ2) is 9.63. The number of carbonyl (C=O) groups is 1. The summed E-state index contributed by atoms with van der Waals surface area (Å²) in [4.78, 5) is 9.58. The molecule has 5 heteroatoms. The summed E-state index contributed by atoms with van der Waals surface area (Å²) < 4.78 is 0. The Morgan fingerprint density at radius 3 is 1.71 bits per heavy atom. The van der Waals surface area contributed by atoms with Crippen LogP contribution in [0.2, 0.25) is 0 Å². The monoisotopic (exact) mass is 234 g/mol. The maximum atomic E-state index is 9.58. The third kappa shape index (κ3) is 21.6. The van der Waals surface area contributed by atoms with Crippen LogP contribution in [0.25, 0.3) is 0 Å². The lowest BCUT2D eigenvalue weighted by Gasteiger charge is -1.80. The molecule has 0 heterocycles. The van der Waals surface area contributed by atoms with E-state index in [2.05, 4.69) is 5.84 Å². The number of carbonyl (C=O) groups excluding carboxylic acids is 1. The highest BCUT2D eigenvalue weighted by atomic mass is 79.9. The Balaban J connectivity index is -0.0000000800. The smallest absolute Gasteiger partial charge is 0.230 e. The molecule has 3 N–H and O–H groups in total. The molecule has 0 radical (unpaired) electrons. The zero-order valence-electron chi connectivity index (χ0n) is 3.80. The third-order valence-corrected chi connectivity index (χ3v) is 0.203. The van der Waals surface area contributed by atoms with Crippen molar-refractivity contribution in [3.63, 3.8) is 0 Å². The Labute approximate surface area is 63.2 Å². The number of halogens is 2. The quantitative estimate of drug-likeness (QED) is 0.357. The number of rotatable bonds is 0. The molecule has 0 spiro atoms. The Kier molecular flexibility index (Phi) is 21.5. The van der Waals surface area contributed by atoms with E-state index in [0.29, 0.717) is 0 Å². The summed E-state index contributed by atoms with van der Waals surface area (Å²) in [6.07, 6.45) is 0. The molecule has 0 unspecified atom stereocenters. The maximum Gasteiger partial charge on any atom is 0.230 e. The summed E-state index contributed by atoms with van der Waals surface area (Å²) >= 11 is 0. The molecule has 46 valence electrons. The normalized spacial score (nSPS) is 4.86. The minimum Gasteiger partial charge on any atom is -0.295 e. The van der Waals surface area contributed by atoms with Crippen LogP contribution in [0.1, 0.15) is 6.92 Å². The van der Waals surface area contributed by atoms with Crippen molar-refractivity contribution in [3.8, 4) is 0 Å². The minimum absolute atomic E-state index is 0. The number of hydrazine groups is 1. The van der Waals surface area contributed by atoms with Gasteiger partial charge in [-0.2, -0.15) is 0 Å². The lowest BCUT2D eigenvalue weighted by Crippen LogP contribution is -2.26. The van der Waals surface area contributed by atoms with Crippen LogP contribution in [0.15, 0.2) is 0 Å². The van der Waals surface area contributed by atoms with Gasteiger partial charge in [0, 0.05) is 6.92 Å². The first kappa shape index (κ1) is 15.7. The fourth-order valence-electron chi connectivity index (χ4n) is 0. The molecule has 0 fully saturated rings. The molecule has 3 nitrogen and oxygen atoms in total. The largest absolute Gasteiger partial charge is 0.295 e. The van der Waals surface area contributed by atoms with Crippen LogP contribution in [0.5, 0.6) is 0 Å². The number of nitrogens with one attached hydrogen (secondary N) is 1. The first-order chi connectivity index (χ1) is 2.27. The fourth-order valence-corrected chi connectivity index (χ4v) is 0. The Bertz CT molecular complexity index is 49.0. The van der Waals surface area contributed by atoms with Crippen molar-refractivity contribution in [1.82, 2.24) is 5.43 Å². The predicted molar refractivity (Wildman–Crippen MR) is 38.6 cm³/mol. The predicted octanol–water partition coefficient (Wildman–Crippen LogP) is 0.152. The van der Waals surface area contributed by atoms with Crippen LogP contribution >= 0.6 is 34.0 Å². The lowest BCUT2D eigenvalue weighted by molar-refractivity contribution is -0.119. The van der Waals surface area contributed by atoms with E-state index in [1.807, 2.05) is 5.43 Å². The molecule has 0 atom stereocenters. The number of hydrogen-bond acceptors (Lipinski definition) is 2. The second-order valence-corrected chi connectivity index (χ2v) is 0.701. The fraction of sp³-hybridized carbons (Fsp3) is 0.500. The molecule has 0 aliphatic rings. The van der Waals surface area contributed by atoms with Gasteiger partial charge >= 0.3 is 0 Å². The number of hydrogen-bond donors (Lipinski definition) is 2. The van der Waals surface area contributed by atoms with Crippen LogP contribution in [-0.2, 0) is 4.79 Å².